The molecule has 0 amide bonds. The van der Waals surface area contributed by atoms with Crippen molar-refractivity contribution in [2.75, 3.05) is 5.73 Å². The Morgan fingerprint density at radius 3 is 2.86 bits per heavy atom. The average Bonchev–Trinajstić information content (AvgIpc) is 2.56. The van der Waals surface area contributed by atoms with Crippen molar-refractivity contribution in [2.45, 2.75) is 0 Å². The Morgan fingerprint density at radius 1 is 1.43 bits per heavy atom. The number of rotatable bonds is 1. The van der Waals surface area contributed by atoms with Crippen LogP contribution in [0, 0.1) is 0 Å². The zero-order valence-corrected chi connectivity index (χ0v) is 8.36. The summed E-state index contributed by atoms with van der Waals surface area (Å²) in [5.74, 6) is 0. The molecule has 0 saturated carbocycles. The fourth-order valence-corrected chi connectivity index (χ4v) is 1.39. The fraction of sp³-hybridized carbons (Fsp3) is 0.111. The van der Waals surface area contributed by atoms with Crippen LogP contribution < -0.4 is 5.73 Å². The molecule has 1 aromatic heterocycles. The second-order valence-electron chi connectivity index (χ2n) is 3.01. The molecule has 0 saturated heterocycles. The Bertz CT molecular complexity index is 464. The van der Waals surface area contributed by atoms with Crippen molar-refractivity contribution in [3.8, 4) is 11.3 Å². The molecule has 0 aliphatic rings. The molecule has 1 aromatic carbocycles. The number of halogens is 1. The standard InChI is InChI=1S/C9H9ClN4/c1-14-5-9(12-13-14)7-4-6(10)2-3-8(7)11/h2-5H,11H2,1H3. The number of nitrogens with zero attached hydrogens (tertiary/aromatic N) is 3. The van der Waals surface area contributed by atoms with Gasteiger partial charge in [0.2, 0.25) is 0 Å². The minimum atomic E-state index is 0.639. The van der Waals surface area contributed by atoms with Crippen LogP contribution >= 0.6 is 11.6 Å². The lowest BCUT2D eigenvalue weighted by atomic mass is 10.1. The summed E-state index contributed by atoms with van der Waals surface area (Å²) in [5, 5.41) is 8.43. The van der Waals surface area contributed by atoms with E-state index < -0.39 is 0 Å². The lowest BCUT2D eigenvalue weighted by molar-refractivity contribution is 0.715. The summed E-state index contributed by atoms with van der Waals surface area (Å²) in [6, 6.07) is 5.28. The zero-order valence-electron chi connectivity index (χ0n) is 7.61. The summed E-state index contributed by atoms with van der Waals surface area (Å²) in [6.45, 7) is 0. The van der Waals surface area contributed by atoms with Gasteiger partial charge >= 0.3 is 0 Å². The Morgan fingerprint density at radius 2 is 2.21 bits per heavy atom. The first-order chi connectivity index (χ1) is 6.66. The molecule has 0 spiro atoms. The molecule has 0 unspecified atom stereocenters. The maximum atomic E-state index is 5.86. The first-order valence-corrected chi connectivity index (χ1v) is 4.46. The highest BCUT2D eigenvalue weighted by atomic mass is 35.5. The smallest absolute Gasteiger partial charge is 0.115 e. The quantitative estimate of drug-likeness (QED) is 0.726. The Hall–Kier alpha value is -1.55. The number of hydrogen-bond donors (Lipinski definition) is 1. The molecule has 0 aliphatic heterocycles. The van der Waals surface area contributed by atoms with Gasteiger partial charge in [0, 0.05) is 23.3 Å². The largest absolute Gasteiger partial charge is 0.398 e. The van der Waals surface area contributed by atoms with E-state index in [1.807, 2.05) is 0 Å². The summed E-state index contributed by atoms with van der Waals surface area (Å²) < 4.78 is 1.62. The minimum absolute atomic E-state index is 0.639. The summed E-state index contributed by atoms with van der Waals surface area (Å²) in [7, 11) is 1.80. The summed E-state index contributed by atoms with van der Waals surface area (Å²) in [5.41, 5.74) is 7.98. The molecule has 14 heavy (non-hydrogen) atoms. The van der Waals surface area contributed by atoms with Gasteiger partial charge in [-0.1, -0.05) is 16.8 Å². The maximum Gasteiger partial charge on any atom is 0.115 e. The third kappa shape index (κ3) is 1.56. The molecule has 4 nitrogen and oxygen atoms in total. The topological polar surface area (TPSA) is 56.7 Å². The molecule has 0 aliphatic carbocycles. The van der Waals surface area contributed by atoms with Crippen molar-refractivity contribution in [1.29, 1.82) is 0 Å². The molecule has 0 bridgehead atoms. The normalized spacial score (nSPS) is 10.4. The highest BCUT2D eigenvalue weighted by molar-refractivity contribution is 6.31. The van der Waals surface area contributed by atoms with Gasteiger partial charge in [0.15, 0.2) is 0 Å². The molecule has 72 valence electrons. The molecule has 2 aromatic rings. The third-order valence-electron chi connectivity index (χ3n) is 1.89. The van der Waals surface area contributed by atoms with Crippen molar-refractivity contribution in [3.63, 3.8) is 0 Å². The Balaban J connectivity index is 2.55. The first kappa shape index (κ1) is 9.02. The van der Waals surface area contributed by atoms with E-state index in [0.717, 1.165) is 11.3 Å². The highest BCUT2D eigenvalue weighted by Gasteiger charge is 2.06. The van der Waals surface area contributed by atoms with Gasteiger partial charge in [0.25, 0.3) is 0 Å². The lowest BCUT2D eigenvalue weighted by Crippen LogP contribution is -1.89. The number of nitrogen functional groups attached to an aromatic ring is 1. The van der Waals surface area contributed by atoms with Crippen LogP contribution in [-0.4, -0.2) is 15.0 Å². The van der Waals surface area contributed by atoms with Crippen LogP contribution in [0.1, 0.15) is 0 Å². The van der Waals surface area contributed by atoms with Crippen LogP contribution in [0.4, 0.5) is 5.69 Å². The number of nitrogens with two attached hydrogens (primary N) is 1. The van der Waals surface area contributed by atoms with Crippen LogP contribution in [0.25, 0.3) is 11.3 Å². The number of anilines is 1. The van der Waals surface area contributed by atoms with Crippen molar-refractivity contribution in [2.24, 2.45) is 7.05 Å². The van der Waals surface area contributed by atoms with Crippen molar-refractivity contribution < 1.29 is 0 Å². The van der Waals surface area contributed by atoms with Gasteiger partial charge in [-0.25, -0.2) is 0 Å². The predicted molar refractivity (Wildman–Crippen MR) is 55.9 cm³/mol. The van der Waals surface area contributed by atoms with E-state index >= 15 is 0 Å². The van der Waals surface area contributed by atoms with Gasteiger partial charge in [-0.05, 0) is 18.2 Å². The second kappa shape index (κ2) is 3.31. The van der Waals surface area contributed by atoms with Crippen molar-refractivity contribution in [1.82, 2.24) is 15.0 Å². The molecular weight excluding hydrogens is 200 g/mol. The Labute approximate surface area is 86.3 Å². The van der Waals surface area contributed by atoms with Crippen LogP contribution in [0.15, 0.2) is 24.4 Å². The molecule has 0 radical (unpaired) electrons. The monoisotopic (exact) mass is 208 g/mol. The number of hydrogen-bond acceptors (Lipinski definition) is 3. The van der Waals surface area contributed by atoms with Crippen LogP contribution in [0.2, 0.25) is 5.02 Å². The van der Waals surface area contributed by atoms with Crippen molar-refractivity contribution in [3.05, 3.63) is 29.4 Å². The van der Waals surface area contributed by atoms with E-state index in [1.165, 1.54) is 0 Å². The summed E-state index contributed by atoms with van der Waals surface area (Å²) >= 11 is 5.86. The van der Waals surface area contributed by atoms with Gasteiger partial charge in [0.1, 0.15) is 5.69 Å². The van der Waals surface area contributed by atoms with E-state index in [9.17, 15) is 0 Å². The highest BCUT2D eigenvalue weighted by Crippen LogP contribution is 2.26. The predicted octanol–water partition coefficient (Wildman–Crippen LogP) is 1.72. The molecule has 0 atom stereocenters. The Kier molecular flexibility index (Phi) is 2.13. The van der Waals surface area contributed by atoms with Crippen LogP contribution in [0.5, 0.6) is 0 Å². The number of benzene rings is 1. The maximum absolute atomic E-state index is 5.86. The van der Waals surface area contributed by atoms with Gasteiger partial charge < -0.3 is 5.73 Å². The molecule has 5 heteroatoms. The average molecular weight is 209 g/mol. The van der Waals surface area contributed by atoms with E-state index in [4.69, 9.17) is 17.3 Å². The fourth-order valence-electron chi connectivity index (χ4n) is 1.22. The zero-order chi connectivity index (χ0) is 10.1. The number of aromatic nitrogens is 3. The molecule has 0 fully saturated rings. The minimum Gasteiger partial charge on any atom is -0.398 e. The van der Waals surface area contributed by atoms with Gasteiger partial charge in [-0.2, -0.15) is 0 Å². The van der Waals surface area contributed by atoms with E-state index in [2.05, 4.69) is 10.3 Å². The van der Waals surface area contributed by atoms with Gasteiger partial charge in [-0.3, -0.25) is 4.68 Å². The molecule has 1 heterocycles. The summed E-state index contributed by atoms with van der Waals surface area (Å²) in [4.78, 5) is 0. The molecule has 2 rings (SSSR count). The SMILES string of the molecule is Cn1cc(-c2cc(Cl)ccc2N)nn1. The summed E-state index contributed by atoms with van der Waals surface area (Å²) in [6.07, 6.45) is 1.79. The van der Waals surface area contributed by atoms with Crippen LogP contribution in [0.3, 0.4) is 0 Å². The van der Waals surface area contributed by atoms with E-state index in [0.29, 0.717) is 10.7 Å². The third-order valence-corrected chi connectivity index (χ3v) is 2.13. The van der Waals surface area contributed by atoms with Crippen LogP contribution in [-0.2, 0) is 7.05 Å². The van der Waals surface area contributed by atoms with Gasteiger partial charge in [-0.15, -0.1) is 5.10 Å². The lowest BCUT2D eigenvalue weighted by Gasteiger charge is -2.01. The van der Waals surface area contributed by atoms with Gasteiger partial charge in [0.05, 0.1) is 6.20 Å². The van der Waals surface area contributed by atoms with E-state index in [-0.39, 0.29) is 0 Å². The van der Waals surface area contributed by atoms with Crippen molar-refractivity contribution >= 4 is 17.3 Å². The second-order valence-corrected chi connectivity index (χ2v) is 3.45. The van der Waals surface area contributed by atoms with E-state index in [1.54, 1.807) is 36.1 Å². The molecular formula is C9H9ClN4. The molecule has 2 N–H and O–H groups in total. The first-order valence-electron chi connectivity index (χ1n) is 4.08. The number of aryl methyl sites for hydroxylation is 1.